The number of nitrogens with one attached hydrogen (secondary N) is 1. The zero-order chi connectivity index (χ0) is 19.1. The second-order valence-electron chi connectivity index (χ2n) is 6.08. The Hall–Kier alpha value is -3.28. The highest BCUT2D eigenvalue weighted by Gasteiger charge is 2.08. The Kier molecular flexibility index (Phi) is 6.10. The first kappa shape index (κ1) is 18.5. The highest BCUT2D eigenvalue weighted by atomic mass is 16.5. The Balaban J connectivity index is 1.51. The van der Waals surface area contributed by atoms with Crippen molar-refractivity contribution >= 4 is 5.91 Å². The summed E-state index contributed by atoms with van der Waals surface area (Å²) in [6.45, 7) is 0.412. The third-order valence-corrected chi connectivity index (χ3v) is 4.27. The van der Waals surface area contributed by atoms with Gasteiger partial charge < -0.3 is 14.8 Å². The van der Waals surface area contributed by atoms with Crippen molar-refractivity contribution in [1.29, 1.82) is 0 Å². The minimum Gasteiger partial charge on any atom is -0.497 e. The number of carbonyl (C=O) groups is 1. The molecule has 27 heavy (non-hydrogen) atoms. The minimum absolute atomic E-state index is 0.0136. The van der Waals surface area contributed by atoms with Crippen LogP contribution in [-0.2, 0) is 17.8 Å². The second-order valence-corrected chi connectivity index (χ2v) is 6.08. The van der Waals surface area contributed by atoms with E-state index in [1.807, 2.05) is 53.3 Å². The van der Waals surface area contributed by atoms with E-state index in [2.05, 4.69) is 10.4 Å². The highest BCUT2D eigenvalue weighted by molar-refractivity contribution is 5.76. The molecule has 0 saturated heterocycles. The molecule has 1 aromatic heterocycles. The molecule has 0 spiro atoms. The lowest BCUT2D eigenvalue weighted by molar-refractivity contribution is -0.121. The molecular weight excluding hydrogens is 342 g/mol. The van der Waals surface area contributed by atoms with Crippen molar-refractivity contribution in [3.05, 3.63) is 72.1 Å². The number of rotatable bonds is 8. The van der Waals surface area contributed by atoms with E-state index in [0.29, 0.717) is 25.1 Å². The van der Waals surface area contributed by atoms with E-state index in [4.69, 9.17) is 9.47 Å². The van der Waals surface area contributed by atoms with E-state index in [9.17, 15) is 4.79 Å². The largest absolute Gasteiger partial charge is 0.497 e. The fourth-order valence-electron chi connectivity index (χ4n) is 2.75. The monoisotopic (exact) mass is 365 g/mol. The number of ether oxygens (including phenoxy) is 2. The number of para-hydroxylation sites is 1. The van der Waals surface area contributed by atoms with Crippen LogP contribution in [0.1, 0.15) is 17.5 Å². The predicted molar refractivity (Wildman–Crippen MR) is 103 cm³/mol. The highest BCUT2D eigenvalue weighted by Crippen LogP contribution is 2.24. The van der Waals surface area contributed by atoms with Gasteiger partial charge in [0.15, 0.2) is 0 Å². The number of carbonyl (C=O) groups excluding carboxylic acids is 1. The lowest BCUT2D eigenvalue weighted by Gasteiger charge is -2.11. The first-order valence-corrected chi connectivity index (χ1v) is 8.76. The topological polar surface area (TPSA) is 65.4 Å². The summed E-state index contributed by atoms with van der Waals surface area (Å²) in [5.41, 5.74) is 2.93. The number of hydrogen-bond donors (Lipinski definition) is 1. The Bertz CT molecular complexity index is 891. The van der Waals surface area contributed by atoms with Gasteiger partial charge in [0.05, 0.1) is 26.1 Å². The molecule has 0 atom stereocenters. The van der Waals surface area contributed by atoms with Gasteiger partial charge in [-0.3, -0.25) is 4.79 Å². The number of hydrogen-bond acceptors (Lipinski definition) is 4. The molecule has 1 heterocycles. The van der Waals surface area contributed by atoms with E-state index in [1.54, 1.807) is 26.5 Å². The molecule has 0 bridgehead atoms. The van der Waals surface area contributed by atoms with Crippen molar-refractivity contribution in [2.75, 3.05) is 14.2 Å². The third kappa shape index (κ3) is 4.88. The smallest absolute Gasteiger partial charge is 0.220 e. The van der Waals surface area contributed by atoms with E-state index in [-0.39, 0.29) is 5.91 Å². The maximum atomic E-state index is 12.2. The number of aryl methyl sites for hydroxylation is 1. The van der Waals surface area contributed by atoms with Crippen molar-refractivity contribution in [3.8, 4) is 17.2 Å². The number of amides is 1. The van der Waals surface area contributed by atoms with Gasteiger partial charge in [-0.15, -0.1) is 0 Å². The van der Waals surface area contributed by atoms with E-state index < -0.39 is 0 Å². The van der Waals surface area contributed by atoms with Gasteiger partial charge in [0.2, 0.25) is 5.91 Å². The second kappa shape index (κ2) is 8.89. The summed E-state index contributed by atoms with van der Waals surface area (Å²) < 4.78 is 12.4. The maximum Gasteiger partial charge on any atom is 0.220 e. The van der Waals surface area contributed by atoms with Gasteiger partial charge in [0.1, 0.15) is 11.5 Å². The normalized spacial score (nSPS) is 10.4. The third-order valence-electron chi connectivity index (χ3n) is 4.27. The van der Waals surface area contributed by atoms with Crippen LogP contribution in [0.5, 0.6) is 11.5 Å². The van der Waals surface area contributed by atoms with Crippen LogP contribution in [0.15, 0.2) is 60.9 Å². The number of nitrogens with zero attached hydrogens (tertiary/aromatic N) is 2. The van der Waals surface area contributed by atoms with Gasteiger partial charge in [-0.1, -0.05) is 18.2 Å². The standard InChI is InChI=1S/C21H23N3O3/c1-26-19-10-9-17(20(12-19)27-2)14-22-21(25)11-8-16-13-23-24(15-16)18-6-4-3-5-7-18/h3-7,9-10,12-13,15H,8,11,14H2,1-2H3,(H,22,25). The van der Waals surface area contributed by atoms with Crippen LogP contribution in [0.2, 0.25) is 0 Å². The van der Waals surface area contributed by atoms with Crippen molar-refractivity contribution in [2.45, 2.75) is 19.4 Å². The quantitative estimate of drug-likeness (QED) is 0.666. The Morgan fingerprint density at radius 3 is 2.67 bits per heavy atom. The first-order valence-electron chi connectivity index (χ1n) is 8.76. The zero-order valence-electron chi connectivity index (χ0n) is 15.5. The average Bonchev–Trinajstić information content (AvgIpc) is 3.20. The molecule has 3 aromatic rings. The number of methoxy groups -OCH3 is 2. The van der Waals surface area contributed by atoms with Gasteiger partial charge in [-0.05, 0) is 36.2 Å². The molecule has 1 N–H and O–H groups in total. The molecule has 0 saturated carbocycles. The van der Waals surface area contributed by atoms with Gasteiger partial charge in [-0.2, -0.15) is 5.10 Å². The van der Waals surface area contributed by atoms with Crippen LogP contribution in [-0.4, -0.2) is 29.9 Å². The van der Waals surface area contributed by atoms with Gasteiger partial charge in [-0.25, -0.2) is 4.68 Å². The Labute approximate surface area is 158 Å². The molecule has 0 aliphatic heterocycles. The molecule has 0 aliphatic carbocycles. The lowest BCUT2D eigenvalue weighted by Crippen LogP contribution is -2.23. The lowest BCUT2D eigenvalue weighted by atomic mass is 10.1. The summed E-state index contributed by atoms with van der Waals surface area (Å²) in [5.74, 6) is 1.40. The van der Waals surface area contributed by atoms with Crippen molar-refractivity contribution in [3.63, 3.8) is 0 Å². The summed E-state index contributed by atoms with van der Waals surface area (Å²) in [6.07, 6.45) is 4.79. The molecule has 6 nitrogen and oxygen atoms in total. The zero-order valence-corrected chi connectivity index (χ0v) is 15.5. The van der Waals surface area contributed by atoms with E-state index >= 15 is 0 Å². The average molecular weight is 365 g/mol. The minimum atomic E-state index is -0.0136. The van der Waals surface area contributed by atoms with Crippen molar-refractivity contribution in [1.82, 2.24) is 15.1 Å². The molecule has 2 aromatic carbocycles. The molecular formula is C21H23N3O3. The van der Waals surface area contributed by atoms with Crippen LogP contribution in [0.3, 0.4) is 0 Å². The first-order chi connectivity index (χ1) is 13.2. The van der Waals surface area contributed by atoms with Crippen LogP contribution in [0.4, 0.5) is 0 Å². The summed E-state index contributed by atoms with van der Waals surface area (Å²) >= 11 is 0. The molecule has 0 aliphatic rings. The molecule has 6 heteroatoms. The van der Waals surface area contributed by atoms with Crippen LogP contribution >= 0.6 is 0 Å². The summed E-state index contributed by atoms with van der Waals surface area (Å²) in [5, 5.41) is 7.29. The molecule has 3 rings (SSSR count). The number of benzene rings is 2. The molecule has 1 amide bonds. The van der Waals surface area contributed by atoms with E-state index in [1.165, 1.54) is 0 Å². The van der Waals surface area contributed by atoms with E-state index in [0.717, 1.165) is 22.6 Å². The molecule has 0 fully saturated rings. The molecule has 140 valence electrons. The Morgan fingerprint density at radius 1 is 1.11 bits per heavy atom. The van der Waals surface area contributed by atoms with Gasteiger partial charge in [0.25, 0.3) is 0 Å². The maximum absolute atomic E-state index is 12.2. The molecule has 0 radical (unpaired) electrons. The summed E-state index contributed by atoms with van der Waals surface area (Å²) in [7, 11) is 3.21. The summed E-state index contributed by atoms with van der Waals surface area (Å²) in [6, 6.07) is 15.4. The fourth-order valence-corrected chi connectivity index (χ4v) is 2.75. The Morgan fingerprint density at radius 2 is 1.93 bits per heavy atom. The van der Waals surface area contributed by atoms with Crippen molar-refractivity contribution < 1.29 is 14.3 Å². The predicted octanol–water partition coefficient (Wildman–Crippen LogP) is 3.14. The van der Waals surface area contributed by atoms with Crippen LogP contribution in [0.25, 0.3) is 5.69 Å². The van der Waals surface area contributed by atoms with Gasteiger partial charge >= 0.3 is 0 Å². The van der Waals surface area contributed by atoms with Gasteiger partial charge in [0, 0.05) is 30.8 Å². The molecule has 0 unspecified atom stereocenters. The SMILES string of the molecule is COc1ccc(CNC(=O)CCc2cnn(-c3ccccc3)c2)c(OC)c1. The number of aromatic nitrogens is 2. The van der Waals surface area contributed by atoms with Crippen LogP contribution < -0.4 is 14.8 Å². The fraction of sp³-hybridized carbons (Fsp3) is 0.238. The summed E-state index contributed by atoms with van der Waals surface area (Å²) in [4.78, 5) is 12.2. The van der Waals surface area contributed by atoms with Crippen LogP contribution in [0, 0.1) is 0 Å². The van der Waals surface area contributed by atoms with Crippen molar-refractivity contribution in [2.24, 2.45) is 0 Å².